The van der Waals surface area contributed by atoms with Crippen molar-refractivity contribution in [3.05, 3.63) is 62.7 Å². The van der Waals surface area contributed by atoms with Crippen LogP contribution in [0.4, 0.5) is 5.69 Å². The quantitative estimate of drug-likeness (QED) is 0.402. The van der Waals surface area contributed by atoms with Gasteiger partial charge in [-0.25, -0.2) is 0 Å². The van der Waals surface area contributed by atoms with Crippen molar-refractivity contribution in [3.8, 4) is 5.75 Å². The van der Waals surface area contributed by atoms with E-state index < -0.39 is 11.9 Å². The maximum Gasteiger partial charge on any atom is 0.325 e. The standard InChI is InChI=1S/C19H13Cl3N2O4S/c1-28-16(25)9-23-15(8-10-6-13(21)17(26)14(22)7-10)18(27)24(19(23)29)12-4-2-11(20)3-5-12/h2-8,26H,9H2,1H3/b15-8-. The first kappa shape index (κ1) is 21.4. The number of esters is 1. The Kier molecular flexibility index (Phi) is 6.33. The second kappa shape index (κ2) is 8.59. The third-order valence-corrected chi connectivity index (χ3v) is 5.31. The Bertz CT molecular complexity index is 1020. The molecule has 1 fully saturated rings. The molecular weight excluding hydrogens is 459 g/mol. The third-order valence-electron chi connectivity index (χ3n) is 4.08. The van der Waals surface area contributed by atoms with Gasteiger partial charge in [0.05, 0.1) is 22.8 Å². The topological polar surface area (TPSA) is 70.1 Å². The summed E-state index contributed by atoms with van der Waals surface area (Å²) in [4.78, 5) is 27.7. The van der Waals surface area contributed by atoms with E-state index in [0.717, 1.165) is 0 Å². The van der Waals surface area contributed by atoms with Gasteiger partial charge >= 0.3 is 5.97 Å². The highest BCUT2D eigenvalue weighted by Gasteiger charge is 2.40. The molecule has 150 valence electrons. The average molecular weight is 472 g/mol. The number of hydrogen-bond donors (Lipinski definition) is 1. The molecule has 10 heteroatoms. The second-order valence-corrected chi connectivity index (χ2v) is 7.54. The second-order valence-electron chi connectivity index (χ2n) is 5.92. The van der Waals surface area contributed by atoms with Gasteiger partial charge in [-0.05, 0) is 60.3 Å². The first-order chi connectivity index (χ1) is 13.7. The van der Waals surface area contributed by atoms with Crippen LogP contribution in [0.5, 0.6) is 5.75 Å². The van der Waals surface area contributed by atoms with Gasteiger partial charge in [0, 0.05) is 5.02 Å². The minimum atomic E-state index is -0.578. The number of ether oxygens (including phenoxy) is 1. The molecule has 0 aliphatic carbocycles. The summed E-state index contributed by atoms with van der Waals surface area (Å²) in [5.41, 5.74) is 1.05. The molecule has 0 spiro atoms. The lowest BCUT2D eigenvalue weighted by molar-refractivity contribution is -0.140. The van der Waals surface area contributed by atoms with E-state index in [1.165, 1.54) is 35.1 Å². The summed E-state index contributed by atoms with van der Waals surface area (Å²) >= 11 is 23.3. The Balaban J connectivity index is 2.08. The number of phenols is 1. The lowest BCUT2D eigenvalue weighted by atomic mass is 10.1. The van der Waals surface area contributed by atoms with Gasteiger partial charge < -0.3 is 14.7 Å². The number of halogens is 3. The van der Waals surface area contributed by atoms with Crippen molar-refractivity contribution < 1.29 is 19.4 Å². The van der Waals surface area contributed by atoms with Crippen LogP contribution in [0.2, 0.25) is 15.1 Å². The van der Waals surface area contributed by atoms with Crippen molar-refractivity contribution in [2.45, 2.75) is 0 Å². The Morgan fingerprint density at radius 2 is 1.76 bits per heavy atom. The van der Waals surface area contributed by atoms with Gasteiger partial charge in [0.25, 0.3) is 5.91 Å². The van der Waals surface area contributed by atoms with E-state index in [4.69, 9.17) is 51.8 Å². The predicted molar refractivity (Wildman–Crippen MR) is 116 cm³/mol. The highest BCUT2D eigenvalue weighted by atomic mass is 35.5. The minimum Gasteiger partial charge on any atom is -0.505 e. The van der Waals surface area contributed by atoms with E-state index >= 15 is 0 Å². The van der Waals surface area contributed by atoms with E-state index in [9.17, 15) is 14.7 Å². The number of aromatic hydroxyl groups is 1. The molecule has 2 aromatic carbocycles. The minimum absolute atomic E-state index is 0.0199. The highest BCUT2D eigenvalue weighted by molar-refractivity contribution is 7.80. The van der Waals surface area contributed by atoms with Gasteiger partial charge in [0.15, 0.2) is 10.9 Å². The van der Waals surface area contributed by atoms with E-state index in [0.29, 0.717) is 16.3 Å². The molecule has 0 bridgehead atoms. The van der Waals surface area contributed by atoms with Crippen molar-refractivity contribution in [3.63, 3.8) is 0 Å². The number of methoxy groups -OCH3 is 1. The summed E-state index contributed by atoms with van der Waals surface area (Å²) in [6.45, 7) is -0.267. The van der Waals surface area contributed by atoms with Crippen LogP contribution in [0.15, 0.2) is 42.1 Å². The number of rotatable bonds is 4. The van der Waals surface area contributed by atoms with Gasteiger partial charge in [0.2, 0.25) is 0 Å². The van der Waals surface area contributed by atoms with E-state index in [-0.39, 0.29) is 33.1 Å². The Hall–Kier alpha value is -2.32. The molecule has 1 amide bonds. The van der Waals surface area contributed by atoms with E-state index in [1.807, 2.05) is 0 Å². The van der Waals surface area contributed by atoms with Crippen LogP contribution < -0.4 is 4.90 Å². The van der Waals surface area contributed by atoms with E-state index in [1.54, 1.807) is 24.3 Å². The van der Waals surface area contributed by atoms with Crippen molar-refractivity contribution in [1.82, 2.24) is 4.90 Å². The van der Waals surface area contributed by atoms with Gasteiger partial charge in [0.1, 0.15) is 12.2 Å². The summed E-state index contributed by atoms with van der Waals surface area (Å²) in [5, 5.41) is 10.4. The smallest absolute Gasteiger partial charge is 0.325 e. The first-order valence-corrected chi connectivity index (χ1v) is 9.65. The molecule has 1 heterocycles. The number of carbonyl (C=O) groups excluding carboxylic acids is 2. The summed E-state index contributed by atoms with van der Waals surface area (Å²) in [5.74, 6) is -1.30. The molecule has 29 heavy (non-hydrogen) atoms. The Labute approximate surface area is 186 Å². The molecule has 0 aromatic heterocycles. The molecule has 0 atom stereocenters. The number of benzene rings is 2. The summed E-state index contributed by atoms with van der Waals surface area (Å²) < 4.78 is 4.71. The molecule has 1 aliphatic heterocycles. The molecule has 0 unspecified atom stereocenters. The Morgan fingerprint density at radius 1 is 1.17 bits per heavy atom. The van der Waals surface area contributed by atoms with E-state index in [2.05, 4.69) is 0 Å². The van der Waals surface area contributed by atoms with Crippen molar-refractivity contribution >= 4 is 75.8 Å². The first-order valence-electron chi connectivity index (χ1n) is 8.11. The SMILES string of the molecule is COC(=O)CN1C(=S)N(c2ccc(Cl)cc2)C(=O)/C1=C/c1cc(Cl)c(O)c(Cl)c1. The third kappa shape index (κ3) is 4.33. The van der Waals surface area contributed by atoms with Gasteiger partial charge in [-0.3, -0.25) is 14.5 Å². The largest absolute Gasteiger partial charge is 0.505 e. The number of nitrogens with zero attached hydrogens (tertiary/aromatic N) is 2. The zero-order chi connectivity index (χ0) is 21.3. The van der Waals surface area contributed by atoms with Crippen molar-refractivity contribution in [2.75, 3.05) is 18.6 Å². The van der Waals surface area contributed by atoms with Crippen molar-refractivity contribution in [1.29, 1.82) is 0 Å². The summed E-state index contributed by atoms with van der Waals surface area (Å²) in [7, 11) is 1.24. The fraction of sp³-hybridized carbons (Fsp3) is 0.105. The molecule has 6 nitrogen and oxygen atoms in total. The highest BCUT2D eigenvalue weighted by Crippen LogP contribution is 2.35. The number of thiocarbonyl (C=S) groups is 1. The molecule has 1 aliphatic rings. The van der Waals surface area contributed by atoms with Crippen LogP contribution in [-0.4, -0.2) is 40.6 Å². The van der Waals surface area contributed by atoms with Crippen molar-refractivity contribution in [2.24, 2.45) is 0 Å². The summed E-state index contributed by atoms with van der Waals surface area (Å²) in [6.07, 6.45) is 1.48. The number of hydrogen-bond acceptors (Lipinski definition) is 5. The molecule has 1 N–H and O–H groups in total. The lowest BCUT2D eigenvalue weighted by Gasteiger charge is -2.19. The van der Waals surface area contributed by atoms with Crippen LogP contribution in [0.1, 0.15) is 5.56 Å². The normalized spacial score (nSPS) is 15.4. The average Bonchev–Trinajstić information content (AvgIpc) is 2.90. The Morgan fingerprint density at radius 3 is 2.31 bits per heavy atom. The molecule has 3 rings (SSSR count). The maximum absolute atomic E-state index is 13.2. The van der Waals surface area contributed by atoms with Gasteiger partial charge in [-0.15, -0.1) is 0 Å². The fourth-order valence-corrected chi connectivity index (χ4v) is 3.65. The number of amides is 1. The van der Waals surface area contributed by atoms with Crippen LogP contribution in [0.3, 0.4) is 0 Å². The fourth-order valence-electron chi connectivity index (χ4n) is 2.67. The maximum atomic E-state index is 13.2. The van der Waals surface area contributed by atoms with Gasteiger partial charge in [-0.1, -0.05) is 34.8 Å². The van der Waals surface area contributed by atoms with Crippen LogP contribution >= 0.6 is 47.0 Å². The monoisotopic (exact) mass is 470 g/mol. The summed E-state index contributed by atoms with van der Waals surface area (Å²) in [6, 6.07) is 9.40. The van der Waals surface area contributed by atoms with Crippen LogP contribution in [-0.2, 0) is 14.3 Å². The zero-order valence-electron chi connectivity index (χ0n) is 14.9. The lowest BCUT2D eigenvalue weighted by Crippen LogP contribution is -2.35. The molecule has 0 radical (unpaired) electrons. The zero-order valence-corrected chi connectivity index (χ0v) is 17.9. The molecule has 2 aromatic rings. The molecule has 0 saturated carbocycles. The number of carbonyl (C=O) groups is 2. The predicted octanol–water partition coefficient (Wildman–Crippen LogP) is 4.50. The number of phenolic OH excluding ortho intramolecular Hbond substituents is 1. The molecular formula is C19H13Cl3N2O4S. The number of anilines is 1. The van der Waals surface area contributed by atoms with Crippen LogP contribution in [0.25, 0.3) is 6.08 Å². The molecule has 1 saturated heterocycles. The van der Waals surface area contributed by atoms with Gasteiger partial charge in [-0.2, -0.15) is 0 Å². The van der Waals surface area contributed by atoms with Crippen LogP contribution in [0, 0.1) is 0 Å².